The first-order valence-electron chi connectivity index (χ1n) is 9.57. The van der Waals surface area contributed by atoms with Gasteiger partial charge in [-0.1, -0.05) is 48.1 Å². The van der Waals surface area contributed by atoms with E-state index in [0.717, 1.165) is 17.7 Å². The summed E-state index contributed by atoms with van der Waals surface area (Å²) in [5.41, 5.74) is 5.18. The SMILES string of the molecule is O=C(CCCCCN1C(=O)/C(=C/c2cccs2)SC1=S)NNC(=O)c1ccc(Cl)cc1. The standard InChI is InChI=1S/C21H20ClN3O3S3/c22-15-9-7-14(8-10-15)19(27)24-23-18(26)6-2-1-3-11-25-20(28)17(31-21(25)29)13-16-5-4-12-30-16/h4-5,7-10,12-13H,1-3,6,11H2,(H,23,26)(H,24,27)/b17-13-. The Morgan fingerprint density at radius 1 is 1.10 bits per heavy atom. The van der Waals surface area contributed by atoms with Crippen LogP contribution in [0.5, 0.6) is 0 Å². The van der Waals surface area contributed by atoms with Crippen LogP contribution in [0.4, 0.5) is 0 Å². The van der Waals surface area contributed by atoms with Crippen molar-refractivity contribution in [2.24, 2.45) is 0 Å². The van der Waals surface area contributed by atoms with Crippen molar-refractivity contribution < 1.29 is 14.4 Å². The molecule has 1 saturated heterocycles. The molecule has 6 nitrogen and oxygen atoms in total. The number of nitrogens with one attached hydrogen (secondary N) is 2. The topological polar surface area (TPSA) is 78.5 Å². The number of thioether (sulfide) groups is 1. The fourth-order valence-corrected chi connectivity index (χ4v) is 4.95. The molecular weight excluding hydrogens is 474 g/mol. The Balaban J connectivity index is 1.33. The maximum Gasteiger partial charge on any atom is 0.269 e. The van der Waals surface area contributed by atoms with Crippen molar-refractivity contribution in [2.45, 2.75) is 25.7 Å². The molecule has 1 aliphatic heterocycles. The summed E-state index contributed by atoms with van der Waals surface area (Å²) in [5.74, 6) is -0.743. The summed E-state index contributed by atoms with van der Waals surface area (Å²) in [6.07, 6.45) is 4.29. The zero-order chi connectivity index (χ0) is 22.2. The van der Waals surface area contributed by atoms with E-state index in [0.29, 0.717) is 32.8 Å². The van der Waals surface area contributed by atoms with Crippen LogP contribution in [0.25, 0.3) is 6.08 Å². The van der Waals surface area contributed by atoms with E-state index in [2.05, 4.69) is 10.9 Å². The summed E-state index contributed by atoms with van der Waals surface area (Å²) in [6, 6.07) is 10.3. The zero-order valence-corrected chi connectivity index (χ0v) is 19.6. The average molecular weight is 494 g/mol. The van der Waals surface area contributed by atoms with E-state index >= 15 is 0 Å². The highest BCUT2D eigenvalue weighted by molar-refractivity contribution is 8.26. The molecule has 2 aromatic rings. The smallest absolute Gasteiger partial charge is 0.269 e. The van der Waals surface area contributed by atoms with E-state index in [-0.39, 0.29) is 18.2 Å². The van der Waals surface area contributed by atoms with Gasteiger partial charge in [0.25, 0.3) is 11.8 Å². The Hall–Kier alpha value is -2.20. The Kier molecular flexibility index (Phi) is 8.65. The lowest BCUT2D eigenvalue weighted by Crippen LogP contribution is -2.41. The summed E-state index contributed by atoms with van der Waals surface area (Å²) >= 11 is 14.0. The lowest BCUT2D eigenvalue weighted by molar-refractivity contribution is -0.123. The molecule has 31 heavy (non-hydrogen) atoms. The van der Waals surface area contributed by atoms with Crippen molar-refractivity contribution in [1.29, 1.82) is 0 Å². The van der Waals surface area contributed by atoms with E-state index in [4.69, 9.17) is 23.8 Å². The third kappa shape index (κ3) is 6.90. The molecule has 0 bridgehead atoms. The number of hydrazine groups is 1. The number of carbonyl (C=O) groups is 3. The molecule has 0 unspecified atom stereocenters. The van der Waals surface area contributed by atoms with Gasteiger partial charge in [-0.2, -0.15) is 0 Å². The molecule has 1 aromatic heterocycles. The number of thiocarbonyl (C=S) groups is 1. The highest BCUT2D eigenvalue weighted by Crippen LogP contribution is 2.33. The summed E-state index contributed by atoms with van der Waals surface area (Å²) in [4.78, 5) is 39.7. The van der Waals surface area contributed by atoms with E-state index in [9.17, 15) is 14.4 Å². The minimum Gasteiger partial charge on any atom is -0.293 e. The number of carbonyl (C=O) groups excluding carboxylic acids is 3. The second-order valence-electron chi connectivity index (χ2n) is 6.67. The monoisotopic (exact) mass is 493 g/mol. The van der Waals surface area contributed by atoms with Crippen LogP contribution in [0.1, 0.15) is 40.9 Å². The van der Waals surface area contributed by atoms with E-state index < -0.39 is 5.91 Å². The van der Waals surface area contributed by atoms with E-state index in [1.54, 1.807) is 40.5 Å². The lowest BCUT2D eigenvalue weighted by Gasteiger charge is -2.14. The number of hydrogen-bond donors (Lipinski definition) is 2. The molecule has 2 N–H and O–H groups in total. The zero-order valence-electron chi connectivity index (χ0n) is 16.4. The molecule has 1 fully saturated rings. The Morgan fingerprint density at radius 2 is 1.87 bits per heavy atom. The number of halogens is 1. The molecule has 0 saturated carbocycles. The lowest BCUT2D eigenvalue weighted by atomic mass is 10.2. The highest BCUT2D eigenvalue weighted by atomic mass is 35.5. The van der Waals surface area contributed by atoms with Gasteiger partial charge in [-0.25, -0.2) is 0 Å². The Bertz CT molecular complexity index is 991. The number of unbranched alkanes of at least 4 members (excludes halogenated alkanes) is 2. The van der Waals surface area contributed by atoms with Crippen molar-refractivity contribution in [3.05, 3.63) is 62.1 Å². The van der Waals surface area contributed by atoms with E-state index in [1.165, 1.54) is 11.8 Å². The van der Waals surface area contributed by atoms with Crippen molar-refractivity contribution >= 4 is 75.0 Å². The van der Waals surface area contributed by atoms with Crippen LogP contribution >= 0.6 is 46.9 Å². The van der Waals surface area contributed by atoms with E-state index in [1.807, 2.05) is 23.6 Å². The van der Waals surface area contributed by atoms with Gasteiger partial charge in [-0.3, -0.25) is 30.1 Å². The van der Waals surface area contributed by atoms with Crippen LogP contribution in [-0.2, 0) is 9.59 Å². The first-order valence-corrected chi connectivity index (χ1v) is 12.1. The molecule has 162 valence electrons. The third-order valence-corrected chi connectivity index (χ3v) is 6.85. The van der Waals surface area contributed by atoms with Crippen LogP contribution in [0.15, 0.2) is 46.7 Å². The molecule has 1 aromatic carbocycles. The van der Waals surface area contributed by atoms with Crippen molar-refractivity contribution in [1.82, 2.24) is 15.8 Å². The predicted octanol–water partition coefficient (Wildman–Crippen LogP) is 4.62. The molecule has 10 heteroatoms. The molecule has 0 atom stereocenters. The largest absolute Gasteiger partial charge is 0.293 e. The molecule has 0 radical (unpaired) electrons. The van der Waals surface area contributed by atoms with Crippen LogP contribution in [0.2, 0.25) is 5.02 Å². The third-order valence-electron chi connectivity index (χ3n) is 4.40. The van der Waals surface area contributed by atoms with Gasteiger partial charge in [-0.15, -0.1) is 11.3 Å². The molecule has 2 heterocycles. The summed E-state index contributed by atoms with van der Waals surface area (Å²) in [5, 5.41) is 2.50. The predicted molar refractivity (Wildman–Crippen MR) is 130 cm³/mol. The molecular formula is C21H20ClN3O3S3. The molecule has 1 aliphatic rings. The maximum atomic E-state index is 12.5. The maximum absolute atomic E-state index is 12.5. The fraction of sp³-hybridized carbons (Fsp3) is 0.238. The first-order chi connectivity index (χ1) is 14.9. The van der Waals surface area contributed by atoms with Gasteiger partial charge in [-0.05, 0) is 54.6 Å². The molecule has 3 rings (SSSR count). The molecule has 3 amide bonds. The number of nitrogens with zero attached hydrogens (tertiary/aromatic N) is 1. The second kappa shape index (κ2) is 11.4. The fourth-order valence-electron chi connectivity index (χ4n) is 2.79. The van der Waals surface area contributed by atoms with Gasteiger partial charge in [0, 0.05) is 28.4 Å². The highest BCUT2D eigenvalue weighted by Gasteiger charge is 2.31. The summed E-state index contributed by atoms with van der Waals surface area (Å²) in [6.45, 7) is 0.529. The van der Waals surface area contributed by atoms with Crippen LogP contribution in [-0.4, -0.2) is 33.5 Å². The number of rotatable bonds is 8. The van der Waals surface area contributed by atoms with Crippen molar-refractivity contribution in [3.63, 3.8) is 0 Å². The second-order valence-corrected chi connectivity index (χ2v) is 9.76. The van der Waals surface area contributed by atoms with Gasteiger partial charge in [0.05, 0.1) is 4.91 Å². The summed E-state index contributed by atoms with van der Waals surface area (Å²) < 4.78 is 0.565. The first kappa shape index (κ1) is 23.5. The number of thiophene rings is 1. The van der Waals surface area contributed by atoms with Gasteiger partial charge in [0.2, 0.25) is 5.91 Å². The minimum absolute atomic E-state index is 0.0638. The van der Waals surface area contributed by atoms with Gasteiger partial charge in [0.15, 0.2) is 0 Å². The van der Waals surface area contributed by atoms with Crippen LogP contribution in [0.3, 0.4) is 0 Å². The Labute approximate surface area is 199 Å². The Morgan fingerprint density at radius 3 is 2.58 bits per heavy atom. The van der Waals surface area contributed by atoms with Crippen molar-refractivity contribution in [2.75, 3.05) is 6.54 Å². The quantitative estimate of drug-likeness (QED) is 0.243. The van der Waals surface area contributed by atoms with Gasteiger partial charge < -0.3 is 0 Å². The number of amides is 3. The van der Waals surface area contributed by atoms with Gasteiger partial charge >= 0.3 is 0 Å². The number of benzene rings is 1. The minimum atomic E-state index is -0.407. The molecule has 0 spiro atoms. The normalized spacial score (nSPS) is 14.9. The van der Waals surface area contributed by atoms with Crippen molar-refractivity contribution in [3.8, 4) is 0 Å². The van der Waals surface area contributed by atoms with Crippen LogP contribution < -0.4 is 10.9 Å². The summed E-state index contributed by atoms with van der Waals surface area (Å²) in [7, 11) is 0. The van der Waals surface area contributed by atoms with Gasteiger partial charge in [0.1, 0.15) is 4.32 Å². The molecule has 0 aliphatic carbocycles. The van der Waals surface area contributed by atoms with Crippen LogP contribution in [0, 0.1) is 0 Å². The average Bonchev–Trinajstić information content (AvgIpc) is 3.35. The number of hydrogen-bond acceptors (Lipinski definition) is 6.